The van der Waals surface area contributed by atoms with Gasteiger partial charge >= 0.3 is 0 Å². The van der Waals surface area contributed by atoms with Crippen LogP contribution in [0.3, 0.4) is 0 Å². The Kier molecular flexibility index (Phi) is 3.58. The van der Waals surface area contributed by atoms with Gasteiger partial charge in [0.15, 0.2) is 0 Å². The Morgan fingerprint density at radius 3 is 3.06 bits per heavy atom. The fourth-order valence-electron chi connectivity index (χ4n) is 2.17. The highest BCUT2D eigenvalue weighted by Gasteiger charge is 2.07. The summed E-state index contributed by atoms with van der Waals surface area (Å²) >= 11 is 0. The van der Waals surface area contributed by atoms with Gasteiger partial charge in [0.2, 0.25) is 0 Å². The second-order valence-electron chi connectivity index (χ2n) is 4.41. The lowest BCUT2D eigenvalue weighted by molar-refractivity contribution is 0.661. The molecule has 0 radical (unpaired) electrons. The van der Waals surface area contributed by atoms with Crippen molar-refractivity contribution in [2.75, 3.05) is 6.54 Å². The van der Waals surface area contributed by atoms with Crippen molar-refractivity contribution in [1.29, 1.82) is 0 Å². The molecule has 84 valence electrons. The van der Waals surface area contributed by atoms with Gasteiger partial charge in [0.1, 0.15) is 0 Å². The predicted molar refractivity (Wildman–Crippen MR) is 70.2 cm³/mol. The minimum Gasteiger partial charge on any atom is -0.330 e. The van der Waals surface area contributed by atoms with Crippen LogP contribution in [0.1, 0.15) is 23.1 Å². The van der Waals surface area contributed by atoms with E-state index in [1.165, 1.54) is 29.5 Å². The van der Waals surface area contributed by atoms with Crippen molar-refractivity contribution in [3.8, 4) is 0 Å². The fraction of sp³-hybridized carbons (Fsp3) is 0.333. The minimum absolute atomic E-state index is 0.394. The standard InChI is InChI=1S/C15H19N/c1-2-12(11-16)9-13-7-8-14-5-3-4-6-15(14)10-13/h2,4,6-8,10,12H,1,3,5,9,11,16H2. The first-order valence-corrected chi connectivity index (χ1v) is 5.94. The van der Waals surface area contributed by atoms with Crippen molar-refractivity contribution in [3.05, 3.63) is 53.6 Å². The van der Waals surface area contributed by atoms with Crippen LogP contribution in [0.15, 0.2) is 36.9 Å². The molecule has 0 aliphatic heterocycles. The number of aryl methyl sites for hydroxylation is 1. The molecule has 1 aromatic carbocycles. The Morgan fingerprint density at radius 2 is 2.31 bits per heavy atom. The Balaban J connectivity index is 2.18. The van der Waals surface area contributed by atoms with Crippen LogP contribution in [0.2, 0.25) is 0 Å². The van der Waals surface area contributed by atoms with E-state index in [1.807, 2.05) is 6.08 Å². The Labute approximate surface area is 97.7 Å². The molecule has 2 N–H and O–H groups in total. The molecule has 0 amide bonds. The van der Waals surface area contributed by atoms with Gasteiger partial charge in [-0.3, -0.25) is 0 Å². The van der Waals surface area contributed by atoms with E-state index < -0.39 is 0 Å². The molecule has 1 nitrogen and oxygen atoms in total. The number of nitrogens with two attached hydrogens (primary N) is 1. The third-order valence-corrected chi connectivity index (χ3v) is 3.22. The second-order valence-corrected chi connectivity index (χ2v) is 4.41. The summed E-state index contributed by atoms with van der Waals surface area (Å²) in [7, 11) is 0. The highest BCUT2D eigenvalue weighted by Crippen LogP contribution is 2.21. The van der Waals surface area contributed by atoms with Crippen LogP contribution in [0.4, 0.5) is 0 Å². The molecule has 1 heteroatoms. The molecule has 0 spiro atoms. The van der Waals surface area contributed by atoms with E-state index in [1.54, 1.807) is 0 Å². The van der Waals surface area contributed by atoms with E-state index in [0.29, 0.717) is 12.5 Å². The lowest BCUT2D eigenvalue weighted by atomic mass is 9.92. The van der Waals surface area contributed by atoms with Crippen LogP contribution < -0.4 is 5.73 Å². The summed E-state index contributed by atoms with van der Waals surface area (Å²) in [4.78, 5) is 0. The number of hydrogen-bond acceptors (Lipinski definition) is 1. The maximum absolute atomic E-state index is 5.68. The van der Waals surface area contributed by atoms with Gasteiger partial charge < -0.3 is 5.73 Å². The van der Waals surface area contributed by atoms with Gasteiger partial charge in [-0.25, -0.2) is 0 Å². The van der Waals surface area contributed by atoms with E-state index in [4.69, 9.17) is 5.73 Å². The normalized spacial score (nSPS) is 15.6. The van der Waals surface area contributed by atoms with E-state index in [0.717, 1.165) is 6.42 Å². The van der Waals surface area contributed by atoms with Gasteiger partial charge in [-0.1, -0.05) is 36.4 Å². The van der Waals surface area contributed by atoms with E-state index >= 15 is 0 Å². The molecular formula is C15H19N. The quantitative estimate of drug-likeness (QED) is 0.765. The summed E-state index contributed by atoms with van der Waals surface area (Å²) in [6.45, 7) is 4.50. The molecular weight excluding hydrogens is 194 g/mol. The number of benzene rings is 1. The van der Waals surface area contributed by atoms with Crippen LogP contribution in [0.25, 0.3) is 6.08 Å². The van der Waals surface area contributed by atoms with Crippen LogP contribution >= 0.6 is 0 Å². The topological polar surface area (TPSA) is 26.0 Å². The zero-order chi connectivity index (χ0) is 11.4. The van der Waals surface area contributed by atoms with Crippen molar-refractivity contribution >= 4 is 6.08 Å². The molecule has 1 unspecified atom stereocenters. The van der Waals surface area contributed by atoms with E-state index in [2.05, 4.69) is 36.9 Å². The molecule has 1 atom stereocenters. The monoisotopic (exact) mass is 213 g/mol. The first-order valence-electron chi connectivity index (χ1n) is 5.94. The van der Waals surface area contributed by atoms with Gasteiger partial charge in [0.05, 0.1) is 0 Å². The van der Waals surface area contributed by atoms with Crippen LogP contribution in [-0.4, -0.2) is 6.54 Å². The zero-order valence-electron chi connectivity index (χ0n) is 9.65. The number of allylic oxidation sites excluding steroid dienone is 1. The maximum Gasteiger partial charge on any atom is -0.00111 e. The summed E-state index contributed by atoms with van der Waals surface area (Å²) in [5.74, 6) is 0.394. The van der Waals surface area contributed by atoms with Crippen molar-refractivity contribution in [2.24, 2.45) is 11.7 Å². The van der Waals surface area contributed by atoms with E-state index in [9.17, 15) is 0 Å². The van der Waals surface area contributed by atoms with Crippen LogP contribution in [0, 0.1) is 5.92 Å². The minimum atomic E-state index is 0.394. The van der Waals surface area contributed by atoms with Gasteiger partial charge in [-0.15, -0.1) is 6.58 Å². The molecule has 0 saturated carbocycles. The molecule has 1 aliphatic rings. The summed E-state index contributed by atoms with van der Waals surface area (Å²) in [6.07, 6.45) is 9.78. The van der Waals surface area contributed by atoms with Gasteiger partial charge in [-0.05, 0) is 48.4 Å². The molecule has 0 saturated heterocycles. The van der Waals surface area contributed by atoms with Crippen molar-refractivity contribution in [1.82, 2.24) is 0 Å². The molecule has 0 aromatic heterocycles. The summed E-state index contributed by atoms with van der Waals surface area (Å²) in [5.41, 5.74) is 9.89. The summed E-state index contributed by atoms with van der Waals surface area (Å²) < 4.78 is 0. The molecule has 0 fully saturated rings. The zero-order valence-corrected chi connectivity index (χ0v) is 9.65. The number of hydrogen-bond donors (Lipinski definition) is 1. The second kappa shape index (κ2) is 5.13. The Hall–Kier alpha value is -1.34. The van der Waals surface area contributed by atoms with Gasteiger partial charge in [-0.2, -0.15) is 0 Å². The summed E-state index contributed by atoms with van der Waals surface area (Å²) in [6, 6.07) is 6.77. The third-order valence-electron chi connectivity index (χ3n) is 3.22. The largest absolute Gasteiger partial charge is 0.330 e. The highest BCUT2D eigenvalue weighted by molar-refractivity contribution is 5.57. The molecule has 0 bridgehead atoms. The predicted octanol–water partition coefficient (Wildman–Crippen LogP) is 2.95. The Morgan fingerprint density at radius 1 is 1.44 bits per heavy atom. The number of rotatable bonds is 4. The highest BCUT2D eigenvalue weighted by atomic mass is 14.5. The lowest BCUT2D eigenvalue weighted by Gasteiger charge is -2.14. The summed E-state index contributed by atoms with van der Waals surface area (Å²) in [5, 5.41) is 0. The molecule has 2 rings (SSSR count). The van der Waals surface area contributed by atoms with Crippen LogP contribution in [0.5, 0.6) is 0 Å². The lowest BCUT2D eigenvalue weighted by Crippen LogP contribution is -2.14. The first-order chi connectivity index (χ1) is 7.83. The SMILES string of the molecule is C=CC(CN)Cc1ccc2c(c1)C=CCC2. The smallest absolute Gasteiger partial charge is 0.00111 e. The maximum atomic E-state index is 5.68. The van der Waals surface area contributed by atoms with Crippen LogP contribution in [-0.2, 0) is 12.8 Å². The van der Waals surface area contributed by atoms with Gasteiger partial charge in [0, 0.05) is 0 Å². The third kappa shape index (κ3) is 2.42. The average molecular weight is 213 g/mol. The molecule has 0 heterocycles. The van der Waals surface area contributed by atoms with E-state index in [-0.39, 0.29) is 0 Å². The molecule has 16 heavy (non-hydrogen) atoms. The molecule has 1 aliphatic carbocycles. The van der Waals surface area contributed by atoms with Crippen molar-refractivity contribution in [2.45, 2.75) is 19.3 Å². The average Bonchev–Trinajstić information content (AvgIpc) is 2.35. The number of fused-ring (bicyclic) bond motifs is 1. The van der Waals surface area contributed by atoms with Gasteiger partial charge in [0.25, 0.3) is 0 Å². The van der Waals surface area contributed by atoms with Crippen molar-refractivity contribution < 1.29 is 0 Å². The Bertz CT molecular complexity index is 404. The molecule has 1 aromatic rings. The first kappa shape index (κ1) is 11.2. The van der Waals surface area contributed by atoms with Crippen molar-refractivity contribution in [3.63, 3.8) is 0 Å². The fourth-order valence-corrected chi connectivity index (χ4v) is 2.17.